The third-order valence-electron chi connectivity index (χ3n) is 2.88. The molecule has 0 fully saturated rings. The average Bonchev–Trinajstić information content (AvgIpc) is 3.00. The number of benzene rings is 1. The van der Waals surface area contributed by atoms with Crippen molar-refractivity contribution >= 4 is 44.4 Å². The Bertz CT molecular complexity index is 742. The van der Waals surface area contributed by atoms with E-state index in [1.54, 1.807) is 0 Å². The molecule has 3 rings (SSSR count). The number of hydrogen-bond acceptors (Lipinski definition) is 6. The molecule has 0 saturated heterocycles. The number of hydrogen-bond donors (Lipinski definition) is 1. The summed E-state index contributed by atoms with van der Waals surface area (Å²) in [5.74, 6) is 0.909. The predicted molar refractivity (Wildman–Crippen MR) is 85.0 cm³/mol. The smallest absolute Gasteiger partial charge is 0.256 e. The van der Waals surface area contributed by atoms with E-state index < -0.39 is 0 Å². The van der Waals surface area contributed by atoms with Gasteiger partial charge in [-0.2, -0.15) is 0 Å². The van der Waals surface area contributed by atoms with E-state index >= 15 is 0 Å². The van der Waals surface area contributed by atoms with Gasteiger partial charge in [-0.3, -0.25) is 4.79 Å². The lowest BCUT2D eigenvalue weighted by molar-refractivity contribution is -0.113. The topological polar surface area (TPSA) is 68.0 Å². The van der Waals surface area contributed by atoms with Gasteiger partial charge in [-0.1, -0.05) is 35.2 Å². The number of amides is 1. The second kappa shape index (κ2) is 5.87. The molecule has 1 N–H and O–H groups in total. The summed E-state index contributed by atoms with van der Waals surface area (Å²) in [4.78, 5) is 20.5. The van der Waals surface area contributed by atoms with E-state index in [2.05, 4.69) is 15.3 Å². The van der Waals surface area contributed by atoms with Crippen molar-refractivity contribution in [1.29, 1.82) is 0 Å². The van der Waals surface area contributed by atoms with Gasteiger partial charge >= 0.3 is 0 Å². The minimum absolute atomic E-state index is 0.118. The summed E-state index contributed by atoms with van der Waals surface area (Å²) in [5, 5.41) is 3.93. The molecule has 7 heteroatoms. The Morgan fingerprint density at radius 1 is 1.33 bits per heavy atom. The van der Waals surface area contributed by atoms with Crippen LogP contribution in [-0.2, 0) is 4.79 Å². The molecule has 0 saturated carbocycles. The summed E-state index contributed by atoms with van der Waals surface area (Å²) in [7, 11) is 0. The fraction of sp³-hybridized carbons (Fsp3) is 0.214. The third kappa shape index (κ3) is 3.25. The second-order valence-corrected chi connectivity index (χ2v) is 6.40. The molecular weight excluding hydrogens is 306 g/mol. The first-order chi connectivity index (χ1) is 10.1. The summed E-state index contributed by atoms with van der Waals surface area (Å²) in [6.45, 7) is 3.73. The zero-order valence-corrected chi connectivity index (χ0v) is 13.2. The molecule has 1 amide bonds. The van der Waals surface area contributed by atoms with Crippen LogP contribution in [0.3, 0.4) is 0 Å². The summed E-state index contributed by atoms with van der Waals surface area (Å²) in [6.07, 6.45) is 0. The van der Waals surface area contributed by atoms with E-state index in [-0.39, 0.29) is 11.7 Å². The fourth-order valence-corrected chi connectivity index (χ4v) is 3.31. The van der Waals surface area contributed by atoms with Gasteiger partial charge < -0.3 is 9.73 Å². The monoisotopic (exact) mass is 319 g/mol. The van der Waals surface area contributed by atoms with Crippen molar-refractivity contribution in [2.24, 2.45) is 0 Å². The number of nitrogens with zero attached hydrogens (tertiary/aromatic N) is 2. The van der Waals surface area contributed by atoms with E-state index in [0.29, 0.717) is 10.4 Å². The zero-order valence-electron chi connectivity index (χ0n) is 11.5. The minimum Gasteiger partial charge on any atom is -0.437 e. The van der Waals surface area contributed by atoms with Crippen LogP contribution < -0.4 is 5.32 Å². The normalized spacial score (nSPS) is 11.0. The number of nitrogens with one attached hydrogen (secondary N) is 1. The number of rotatable bonds is 4. The Labute approximate surface area is 129 Å². The van der Waals surface area contributed by atoms with Crippen molar-refractivity contribution in [3.8, 4) is 0 Å². The number of thioether (sulfide) groups is 1. The van der Waals surface area contributed by atoms with Gasteiger partial charge in [-0.15, -0.1) is 0 Å². The molecule has 2 aromatic heterocycles. The van der Waals surface area contributed by atoms with E-state index in [1.807, 2.05) is 38.1 Å². The second-order valence-electron chi connectivity index (χ2n) is 4.44. The van der Waals surface area contributed by atoms with Crippen LogP contribution in [0.4, 0.5) is 5.13 Å². The number of aromatic nitrogens is 2. The number of anilines is 1. The van der Waals surface area contributed by atoms with E-state index in [0.717, 1.165) is 21.7 Å². The largest absolute Gasteiger partial charge is 0.437 e. The highest BCUT2D eigenvalue weighted by atomic mass is 32.2. The van der Waals surface area contributed by atoms with Gasteiger partial charge in [-0.25, -0.2) is 9.97 Å². The van der Waals surface area contributed by atoms with Gasteiger partial charge in [0.2, 0.25) is 5.91 Å². The van der Waals surface area contributed by atoms with Crippen molar-refractivity contribution < 1.29 is 9.21 Å². The van der Waals surface area contributed by atoms with Crippen LogP contribution in [0.2, 0.25) is 0 Å². The molecule has 0 aliphatic rings. The Balaban J connectivity index is 1.61. The molecule has 3 aromatic rings. The molecule has 0 unspecified atom stereocenters. The predicted octanol–water partition coefficient (Wildman–Crippen LogP) is 3.63. The number of carbonyl (C=O) groups is 1. The first kappa shape index (κ1) is 14.1. The third-order valence-corrected chi connectivity index (χ3v) is 4.66. The van der Waals surface area contributed by atoms with Gasteiger partial charge in [0, 0.05) is 0 Å². The molecule has 0 aliphatic carbocycles. The molecule has 5 nitrogen and oxygen atoms in total. The molecule has 108 valence electrons. The van der Waals surface area contributed by atoms with Crippen LogP contribution in [0.25, 0.3) is 10.2 Å². The quantitative estimate of drug-likeness (QED) is 0.744. The van der Waals surface area contributed by atoms with Crippen molar-refractivity contribution in [3.63, 3.8) is 0 Å². The minimum atomic E-state index is -0.118. The highest BCUT2D eigenvalue weighted by Crippen LogP contribution is 2.26. The van der Waals surface area contributed by atoms with Gasteiger partial charge in [0.1, 0.15) is 5.76 Å². The average molecular weight is 319 g/mol. The van der Waals surface area contributed by atoms with Crippen molar-refractivity contribution in [3.05, 3.63) is 35.7 Å². The van der Waals surface area contributed by atoms with E-state index in [4.69, 9.17) is 4.42 Å². The molecule has 21 heavy (non-hydrogen) atoms. The standard InChI is InChI=1S/C14H13N3O2S2/c1-8-9(2)19-14(15-8)20-7-12(18)17-13-16-10-5-3-4-6-11(10)21-13/h3-6H,7H2,1-2H3,(H,16,17,18). The number of oxazole rings is 1. The van der Waals surface area contributed by atoms with Crippen LogP contribution in [0, 0.1) is 13.8 Å². The molecule has 0 radical (unpaired) electrons. The van der Waals surface area contributed by atoms with Crippen molar-refractivity contribution in [2.45, 2.75) is 19.1 Å². The van der Waals surface area contributed by atoms with Crippen LogP contribution in [0.15, 0.2) is 33.9 Å². The number of aryl methyl sites for hydroxylation is 2. The highest BCUT2D eigenvalue weighted by molar-refractivity contribution is 7.99. The number of thiazole rings is 1. The Morgan fingerprint density at radius 2 is 2.14 bits per heavy atom. The van der Waals surface area contributed by atoms with Gasteiger partial charge in [0.15, 0.2) is 5.13 Å². The first-order valence-electron chi connectivity index (χ1n) is 6.34. The molecule has 0 bridgehead atoms. The van der Waals surface area contributed by atoms with Crippen molar-refractivity contribution in [2.75, 3.05) is 11.1 Å². The molecule has 0 aliphatic heterocycles. The lowest BCUT2D eigenvalue weighted by Gasteiger charge is -1.98. The molecule has 0 spiro atoms. The van der Waals surface area contributed by atoms with Crippen LogP contribution in [-0.4, -0.2) is 21.6 Å². The Hall–Kier alpha value is -1.86. The maximum Gasteiger partial charge on any atom is 0.256 e. The zero-order chi connectivity index (χ0) is 14.8. The summed E-state index contributed by atoms with van der Waals surface area (Å²) >= 11 is 2.74. The van der Waals surface area contributed by atoms with Crippen LogP contribution in [0.1, 0.15) is 11.5 Å². The maximum absolute atomic E-state index is 11.9. The lowest BCUT2D eigenvalue weighted by atomic mass is 10.3. The van der Waals surface area contributed by atoms with Crippen LogP contribution in [0.5, 0.6) is 0 Å². The van der Waals surface area contributed by atoms with Crippen LogP contribution >= 0.6 is 23.1 Å². The number of carbonyl (C=O) groups excluding carboxylic acids is 1. The first-order valence-corrected chi connectivity index (χ1v) is 8.14. The Kier molecular flexibility index (Phi) is 3.94. The van der Waals surface area contributed by atoms with Gasteiger partial charge in [0.05, 0.1) is 21.7 Å². The van der Waals surface area contributed by atoms with Gasteiger partial charge in [0.25, 0.3) is 5.22 Å². The van der Waals surface area contributed by atoms with E-state index in [9.17, 15) is 4.79 Å². The molecule has 2 heterocycles. The van der Waals surface area contributed by atoms with Crippen molar-refractivity contribution in [1.82, 2.24) is 9.97 Å². The SMILES string of the molecule is Cc1nc(SCC(=O)Nc2nc3ccccc3s2)oc1C. The summed E-state index contributed by atoms with van der Waals surface area (Å²) in [5.41, 5.74) is 1.74. The number of fused-ring (bicyclic) bond motifs is 1. The van der Waals surface area contributed by atoms with E-state index in [1.165, 1.54) is 23.1 Å². The lowest BCUT2D eigenvalue weighted by Crippen LogP contribution is -2.13. The molecule has 1 aromatic carbocycles. The molecule has 0 atom stereocenters. The highest BCUT2D eigenvalue weighted by Gasteiger charge is 2.11. The fourth-order valence-electron chi connectivity index (χ4n) is 1.71. The molecular formula is C14H13N3O2S2. The summed E-state index contributed by atoms with van der Waals surface area (Å²) < 4.78 is 6.48. The van der Waals surface area contributed by atoms with Gasteiger partial charge in [-0.05, 0) is 26.0 Å². The summed E-state index contributed by atoms with van der Waals surface area (Å²) in [6, 6.07) is 7.79. The maximum atomic E-state index is 11.9. The Morgan fingerprint density at radius 3 is 2.86 bits per heavy atom. The number of para-hydroxylation sites is 1.